The minimum absolute atomic E-state index is 0.489. The molecule has 0 aliphatic carbocycles. The highest BCUT2D eigenvalue weighted by Gasteiger charge is 2.13. The van der Waals surface area contributed by atoms with Gasteiger partial charge in [0, 0.05) is 6.61 Å². The van der Waals surface area contributed by atoms with Crippen LogP contribution in [0.4, 0.5) is 0 Å². The van der Waals surface area contributed by atoms with Crippen molar-refractivity contribution < 1.29 is 4.74 Å². The Morgan fingerprint density at radius 3 is 3.11 bits per heavy atom. The molecule has 1 atom stereocenters. The van der Waals surface area contributed by atoms with Gasteiger partial charge in [-0.15, -0.1) is 6.58 Å². The van der Waals surface area contributed by atoms with Crippen LogP contribution in [-0.4, -0.2) is 12.7 Å². The molecule has 9 heavy (non-hydrogen) atoms. The summed E-state index contributed by atoms with van der Waals surface area (Å²) < 4.78 is 5.38. The summed E-state index contributed by atoms with van der Waals surface area (Å²) >= 11 is 0. The second-order valence-electron chi connectivity index (χ2n) is 2.34. The summed E-state index contributed by atoms with van der Waals surface area (Å²) in [5.41, 5.74) is 0. The fourth-order valence-electron chi connectivity index (χ4n) is 1.08. The molecular weight excluding hydrogens is 112 g/mol. The highest BCUT2D eigenvalue weighted by atomic mass is 16.5. The van der Waals surface area contributed by atoms with Crippen molar-refractivity contribution in [3.05, 3.63) is 19.1 Å². The highest BCUT2D eigenvalue weighted by Crippen LogP contribution is 2.15. The standard InChI is InChI=1S/C8H13O/c1-2-3-5-8-6-4-7-9-8/h2-3,8H,1,4-7H2. The first-order chi connectivity index (χ1) is 4.43. The van der Waals surface area contributed by atoms with E-state index in [4.69, 9.17) is 4.74 Å². The molecule has 51 valence electrons. The second-order valence-corrected chi connectivity index (χ2v) is 2.34. The summed E-state index contributed by atoms with van der Waals surface area (Å²) in [7, 11) is 0. The van der Waals surface area contributed by atoms with Crippen LogP contribution in [0.5, 0.6) is 0 Å². The molecular formula is C8H13O. The van der Waals surface area contributed by atoms with Crippen molar-refractivity contribution in [2.45, 2.75) is 25.4 Å². The smallest absolute Gasteiger partial charge is 0.0581 e. The lowest BCUT2D eigenvalue weighted by Crippen LogP contribution is -2.03. The molecule has 1 fully saturated rings. The SMILES string of the molecule is C=C[CH]CC1CCCO1. The minimum Gasteiger partial charge on any atom is -0.378 e. The van der Waals surface area contributed by atoms with Gasteiger partial charge in [-0.25, -0.2) is 0 Å². The van der Waals surface area contributed by atoms with E-state index in [2.05, 4.69) is 13.0 Å². The third-order valence-corrected chi connectivity index (χ3v) is 1.59. The van der Waals surface area contributed by atoms with E-state index in [-0.39, 0.29) is 0 Å². The summed E-state index contributed by atoms with van der Waals surface area (Å²) in [6.07, 6.45) is 7.89. The molecule has 1 saturated heterocycles. The van der Waals surface area contributed by atoms with Crippen LogP contribution in [0.3, 0.4) is 0 Å². The van der Waals surface area contributed by atoms with Gasteiger partial charge in [0.2, 0.25) is 0 Å². The number of rotatable bonds is 3. The van der Waals surface area contributed by atoms with Gasteiger partial charge in [0.25, 0.3) is 0 Å². The van der Waals surface area contributed by atoms with Gasteiger partial charge < -0.3 is 4.74 Å². The molecule has 1 unspecified atom stereocenters. The molecule has 0 bridgehead atoms. The van der Waals surface area contributed by atoms with E-state index in [9.17, 15) is 0 Å². The molecule has 1 radical (unpaired) electrons. The van der Waals surface area contributed by atoms with Gasteiger partial charge in [-0.05, 0) is 25.7 Å². The number of hydrogen-bond acceptors (Lipinski definition) is 1. The zero-order valence-electron chi connectivity index (χ0n) is 5.68. The van der Waals surface area contributed by atoms with Crippen molar-refractivity contribution in [2.24, 2.45) is 0 Å². The fourth-order valence-corrected chi connectivity index (χ4v) is 1.08. The molecule has 0 N–H and O–H groups in total. The number of ether oxygens (including phenoxy) is 1. The van der Waals surface area contributed by atoms with Gasteiger partial charge in [-0.2, -0.15) is 0 Å². The summed E-state index contributed by atoms with van der Waals surface area (Å²) in [6, 6.07) is 0. The van der Waals surface area contributed by atoms with Crippen molar-refractivity contribution in [2.75, 3.05) is 6.61 Å². The Bertz CT molecular complexity index is 82.6. The lowest BCUT2D eigenvalue weighted by atomic mass is 10.1. The van der Waals surface area contributed by atoms with Gasteiger partial charge in [-0.3, -0.25) is 0 Å². The van der Waals surface area contributed by atoms with E-state index < -0.39 is 0 Å². The molecule has 1 rings (SSSR count). The average Bonchev–Trinajstić information content (AvgIpc) is 2.34. The molecule has 1 heterocycles. The van der Waals surface area contributed by atoms with Crippen LogP contribution in [0.25, 0.3) is 0 Å². The first-order valence-corrected chi connectivity index (χ1v) is 3.49. The van der Waals surface area contributed by atoms with E-state index >= 15 is 0 Å². The van der Waals surface area contributed by atoms with Gasteiger partial charge in [0.15, 0.2) is 0 Å². The Morgan fingerprint density at radius 2 is 2.56 bits per heavy atom. The van der Waals surface area contributed by atoms with Gasteiger partial charge in [-0.1, -0.05) is 6.08 Å². The van der Waals surface area contributed by atoms with Crippen molar-refractivity contribution >= 4 is 0 Å². The Balaban J connectivity index is 2.04. The average molecular weight is 125 g/mol. The summed E-state index contributed by atoms with van der Waals surface area (Å²) in [4.78, 5) is 0. The maximum atomic E-state index is 5.38. The minimum atomic E-state index is 0.489. The molecule has 0 spiro atoms. The predicted molar refractivity (Wildman–Crippen MR) is 38.1 cm³/mol. The summed E-state index contributed by atoms with van der Waals surface area (Å²) in [5, 5.41) is 0. The van der Waals surface area contributed by atoms with Crippen molar-refractivity contribution in [3.63, 3.8) is 0 Å². The topological polar surface area (TPSA) is 9.23 Å². The fraction of sp³-hybridized carbons (Fsp3) is 0.625. The Kier molecular flexibility index (Phi) is 2.78. The lowest BCUT2D eigenvalue weighted by molar-refractivity contribution is 0.111. The highest BCUT2D eigenvalue weighted by molar-refractivity contribution is 4.89. The van der Waals surface area contributed by atoms with Gasteiger partial charge >= 0.3 is 0 Å². The van der Waals surface area contributed by atoms with Crippen LogP contribution in [0.2, 0.25) is 0 Å². The van der Waals surface area contributed by atoms with Crippen LogP contribution < -0.4 is 0 Å². The van der Waals surface area contributed by atoms with Crippen LogP contribution >= 0.6 is 0 Å². The van der Waals surface area contributed by atoms with E-state index in [1.807, 2.05) is 6.08 Å². The van der Waals surface area contributed by atoms with Crippen LogP contribution in [0, 0.1) is 6.42 Å². The van der Waals surface area contributed by atoms with E-state index in [1.165, 1.54) is 12.8 Å². The van der Waals surface area contributed by atoms with Crippen molar-refractivity contribution in [1.82, 2.24) is 0 Å². The number of hydrogen-bond donors (Lipinski definition) is 0. The summed E-state index contributed by atoms with van der Waals surface area (Å²) in [5.74, 6) is 0. The van der Waals surface area contributed by atoms with Crippen LogP contribution in [0.15, 0.2) is 12.7 Å². The quantitative estimate of drug-likeness (QED) is 0.560. The van der Waals surface area contributed by atoms with Crippen molar-refractivity contribution in [1.29, 1.82) is 0 Å². The lowest BCUT2D eigenvalue weighted by Gasteiger charge is -2.04. The molecule has 1 aliphatic heterocycles. The molecule has 0 amide bonds. The van der Waals surface area contributed by atoms with E-state index in [0.717, 1.165) is 13.0 Å². The Hall–Kier alpha value is -0.300. The molecule has 1 aliphatic rings. The first-order valence-electron chi connectivity index (χ1n) is 3.49. The predicted octanol–water partition coefficient (Wildman–Crippen LogP) is 1.95. The van der Waals surface area contributed by atoms with Crippen molar-refractivity contribution in [3.8, 4) is 0 Å². The molecule has 0 aromatic rings. The third-order valence-electron chi connectivity index (χ3n) is 1.59. The molecule has 1 nitrogen and oxygen atoms in total. The first kappa shape index (κ1) is 6.81. The summed E-state index contributed by atoms with van der Waals surface area (Å²) in [6.45, 7) is 4.56. The second kappa shape index (κ2) is 3.67. The third kappa shape index (κ3) is 2.19. The molecule has 0 aromatic heterocycles. The molecule has 1 heteroatoms. The molecule has 0 saturated carbocycles. The molecule has 0 aromatic carbocycles. The van der Waals surface area contributed by atoms with Crippen LogP contribution in [-0.2, 0) is 4.74 Å². The zero-order chi connectivity index (χ0) is 6.53. The number of allylic oxidation sites excluding steroid dienone is 1. The van der Waals surface area contributed by atoms with Gasteiger partial charge in [0.1, 0.15) is 0 Å². The maximum absolute atomic E-state index is 5.38. The normalized spacial score (nSPS) is 26.4. The van der Waals surface area contributed by atoms with Crippen LogP contribution in [0.1, 0.15) is 19.3 Å². The Labute approximate surface area is 56.7 Å². The monoisotopic (exact) mass is 125 g/mol. The maximum Gasteiger partial charge on any atom is 0.0581 e. The Morgan fingerprint density at radius 1 is 1.67 bits per heavy atom. The largest absolute Gasteiger partial charge is 0.378 e. The van der Waals surface area contributed by atoms with Gasteiger partial charge in [0.05, 0.1) is 6.10 Å². The zero-order valence-corrected chi connectivity index (χ0v) is 5.68. The van der Waals surface area contributed by atoms with E-state index in [0.29, 0.717) is 6.10 Å². The van der Waals surface area contributed by atoms with E-state index in [1.54, 1.807) is 0 Å².